The summed E-state index contributed by atoms with van der Waals surface area (Å²) >= 11 is 0. The second kappa shape index (κ2) is 7.59. The van der Waals surface area contributed by atoms with Gasteiger partial charge in [-0.2, -0.15) is 0 Å². The summed E-state index contributed by atoms with van der Waals surface area (Å²) in [5.74, 6) is -0.337. The van der Waals surface area contributed by atoms with E-state index in [2.05, 4.69) is 10.0 Å². The van der Waals surface area contributed by atoms with E-state index >= 15 is 0 Å². The molecule has 2 aromatic rings. The average Bonchev–Trinajstić information content (AvgIpc) is 2.57. The molecule has 2 aromatic carbocycles. The second-order valence-electron chi connectivity index (χ2n) is 5.63. The van der Waals surface area contributed by atoms with E-state index in [0.29, 0.717) is 18.5 Å². The first-order valence-corrected chi connectivity index (χ1v) is 9.30. The summed E-state index contributed by atoms with van der Waals surface area (Å²) in [7, 11) is -3.60. The summed E-state index contributed by atoms with van der Waals surface area (Å²) in [4.78, 5) is 12.5. The molecule has 0 aliphatic rings. The summed E-state index contributed by atoms with van der Waals surface area (Å²) in [6, 6.07) is 11.7. The highest BCUT2D eigenvalue weighted by Gasteiger charge is 2.16. The van der Waals surface area contributed by atoms with E-state index < -0.39 is 10.0 Å². The van der Waals surface area contributed by atoms with Gasteiger partial charge in [0, 0.05) is 17.8 Å². The molecule has 0 unspecified atom stereocenters. The smallest absolute Gasteiger partial charge is 0.255 e. The minimum absolute atomic E-state index is 0.0876. The molecule has 0 bridgehead atoms. The zero-order chi connectivity index (χ0) is 17.7. The molecule has 0 aromatic heterocycles. The van der Waals surface area contributed by atoms with E-state index in [-0.39, 0.29) is 10.8 Å². The first kappa shape index (κ1) is 18.2. The largest absolute Gasteiger partial charge is 0.322 e. The Bertz CT molecular complexity index is 845. The molecule has 0 aliphatic carbocycles. The van der Waals surface area contributed by atoms with Crippen LogP contribution in [0.4, 0.5) is 5.69 Å². The monoisotopic (exact) mass is 346 g/mol. The minimum atomic E-state index is -3.60. The molecule has 0 aliphatic heterocycles. The lowest BCUT2D eigenvalue weighted by atomic mass is 10.1. The number of hydrogen-bond donors (Lipinski definition) is 2. The van der Waals surface area contributed by atoms with Crippen molar-refractivity contribution in [3.63, 3.8) is 0 Å². The fraction of sp³-hybridized carbons (Fsp3) is 0.278. The zero-order valence-corrected chi connectivity index (χ0v) is 14.9. The van der Waals surface area contributed by atoms with Gasteiger partial charge in [0.15, 0.2) is 0 Å². The Morgan fingerprint density at radius 3 is 2.50 bits per heavy atom. The SMILES string of the molecule is CCCNS(=O)(=O)c1cccc(C(=O)Nc2cccc(C)c2C)c1. The van der Waals surface area contributed by atoms with E-state index in [4.69, 9.17) is 0 Å². The molecular formula is C18H22N2O3S. The number of carbonyl (C=O) groups is 1. The average molecular weight is 346 g/mol. The molecule has 24 heavy (non-hydrogen) atoms. The van der Waals surface area contributed by atoms with Crippen LogP contribution < -0.4 is 10.0 Å². The molecule has 0 fully saturated rings. The standard InChI is InChI=1S/C18H22N2O3S/c1-4-11-19-24(22,23)16-9-6-8-15(12-16)18(21)20-17-10-5-7-13(2)14(17)3/h5-10,12,19H,4,11H2,1-3H3,(H,20,21). The first-order chi connectivity index (χ1) is 11.3. The third-order valence-electron chi connectivity index (χ3n) is 3.80. The van der Waals surface area contributed by atoms with Crippen molar-refractivity contribution in [3.8, 4) is 0 Å². The lowest BCUT2D eigenvalue weighted by molar-refractivity contribution is 0.102. The third kappa shape index (κ3) is 4.21. The topological polar surface area (TPSA) is 75.3 Å². The molecule has 0 spiro atoms. The van der Waals surface area contributed by atoms with Gasteiger partial charge < -0.3 is 5.32 Å². The van der Waals surface area contributed by atoms with Gasteiger partial charge in [0.25, 0.3) is 5.91 Å². The summed E-state index contributed by atoms with van der Waals surface area (Å²) in [6.07, 6.45) is 0.700. The molecule has 5 nitrogen and oxygen atoms in total. The Labute approximate surface area is 143 Å². The van der Waals surface area contributed by atoms with Crippen LogP contribution in [0, 0.1) is 13.8 Å². The van der Waals surface area contributed by atoms with Gasteiger partial charge in [0.05, 0.1) is 4.90 Å². The van der Waals surface area contributed by atoms with Crippen molar-refractivity contribution in [2.75, 3.05) is 11.9 Å². The number of carbonyl (C=O) groups excluding carboxylic acids is 1. The lowest BCUT2D eigenvalue weighted by Gasteiger charge is -2.11. The molecule has 6 heteroatoms. The number of aryl methyl sites for hydroxylation is 1. The van der Waals surface area contributed by atoms with Crippen LogP contribution in [0.5, 0.6) is 0 Å². The molecule has 1 amide bonds. The summed E-state index contributed by atoms with van der Waals surface area (Å²) < 4.78 is 26.9. The zero-order valence-electron chi connectivity index (χ0n) is 14.1. The van der Waals surface area contributed by atoms with Crippen molar-refractivity contribution in [1.82, 2.24) is 4.72 Å². The molecular weight excluding hydrogens is 324 g/mol. The number of rotatable bonds is 6. The summed E-state index contributed by atoms with van der Waals surface area (Å²) in [6.45, 7) is 6.15. The molecule has 2 rings (SSSR count). The molecule has 128 valence electrons. The highest BCUT2D eigenvalue weighted by molar-refractivity contribution is 7.89. The van der Waals surface area contributed by atoms with Gasteiger partial charge in [-0.3, -0.25) is 4.79 Å². The van der Waals surface area contributed by atoms with Gasteiger partial charge in [0.2, 0.25) is 10.0 Å². The van der Waals surface area contributed by atoms with Gasteiger partial charge in [0.1, 0.15) is 0 Å². The Morgan fingerprint density at radius 2 is 1.79 bits per heavy atom. The van der Waals surface area contributed by atoms with E-state index in [1.165, 1.54) is 12.1 Å². The van der Waals surface area contributed by atoms with Gasteiger partial charge in [-0.25, -0.2) is 13.1 Å². The van der Waals surface area contributed by atoms with Crippen LogP contribution in [0.15, 0.2) is 47.4 Å². The summed E-state index contributed by atoms with van der Waals surface area (Å²) in [5.41, 5.74) is 3.08. The lowest BCUT2D eigenvalue weighted by Crippen LogP contribution is -2.24. The number of amides is 1. The maximum absolute atomic E-state index is 12.4. The van der Waals surface area contributed by atoms with Crippen molar-refractivity contribution >= 4 is 21.6 Å². The maximum atomic E-state index is 12.4. The number of hydrogen-bond acceptors (Lipinski definition) is 3. The molecule has 0 saturated heterocycles. The Balaban J connectivity index is 2.25. The van der Waals surface area contributed by atoms with E-state index in [1.54, 1.807) is 12.1 Å². The van der Waals surface area contributed by atoms with E-state index in [9.17, 15) is 13.2 Å². The van der Waals surface area contributed by atoms with Crippen LogP contribution in [0.2, 0.25) is 0 Å². The van der Waals surface area contributed by atoms with Gasteiger partial charge >= 0.3 is 0 Å². The van der Waals surface area contributed by atoms with Gasteiger partial charge in [-0.1, -0.05) is 25.1 Å². The Kier molecular flexibility index (Phi) is 5.75. The molecule has 0 saturated carbocycles. The van der Waals surface area contributed by atoms with Crippen molar-refractivity contribution in [2.24, 2.45) is 0 Å². The quantitative estimate of drug-likeness (QED) is 0.843. The van der Waals surface area contributed by atoms with Crippen LogP contribution in [-0.4, -0.2) is 20.9 Å². The Morgan fingerprint density at radius 1 is 1.08 bits per heavy atom. The molecule has 0 atom stereocenters. The minimum Gasteiger partial charge on any atom is -0.322 e. The highest BCUT2D eigenvalue weighted by atomic mass is 32.2. The van der Waals surface area contributed by atoms with Gasteiger partial charge in [-0.15, -0.1) is 0 Å². The van der Waals surface area contributed by atoms with Crippen molar-refractivity contribution in [2.45, 2.75) is 32.1 Å². The van der Waals surface area contributed by atoms with Crippen LogP contribution in [-0.2, 0) is 10.0 Å². The number of anilines is 1. The van der Waals surface area contributed by atoms with E-state index in [0.717, 1.165) is 16.8 Å². The predicted octanol–water partition coefficient (Wildman–Crippen LogP) is 3.24. The number of benzene rings is 2. The molecule has 2 N–H and O–H groups in total. The normalized spacial score (nSPS) is 11.3. The fourth-order valence-electron chi connectivity index (χ4n) is 2.21. The van der Waals surface area contributed by atoms with Crippen molar-refractivity contribution in [1.29, 1.82) is 0 Å². The maximum Gasteiger partial charge on any atom is 0.255 e. The van der Waals surface area contributed by atoms with Crippen LogP contribution in [0.1, 0.15) is 34.8 Å². The third-order valence-corrected chi connectivity index (χ3v) is 5.26. The first-order valence-electron chi connectivity index (χ1n) is 7.82. The highest BCUT2D eigenvalue weighted by Crippen LogP contribution is 2.19. The van der Waals surface area contributed by atoms with Crippen LogP contribution in [0.3, 0.4) is 0 Å². The molecule has 0 heterocycles. The Hall–Kier alpha value is -2.18. The van der Waals surface area contributed by atoms with Crippen LogP contribution in [0.25, 0.3) is 0 Å². The second-order valence-corrected chi connectivity index (χ2v) is 7.39. The number of sulfonamides is 1. The summed E-state index contributed by atoms with van der Waals surface area (Å²) in [5, 5.41) is 2.83. The fourth-order valence-corrected chi connectivity index (χ4v) is 3.38. The van der Waals surface area contributed by atoms with E-state index in [1.807, 2.05) is 39.0 Å². The van der Waals surface area contributed by atoms with Crippen LogP contribution >= 0.6 is 0 Å². The van der Waals surface area contributed by atoms with Crippen molar-refractivity contribution in [3.05, 3.63) is 59.2 Å². The number of nitrogens with one attached hydrogen (secondary N) is 2. The van der Waals surface area contributed by atoms with Gasteiger partial charge in [-0.05, 0) is 55.7 Å². The predicted molar refractivity (Wildman–Crippen MR) is 95.8 cm³/mol. The van der Waals surface area contributed by atoms with Crippen molar-refractivity contribution < 1.29 is 13.2 Å². The molecule has 0 radical (unpaired) electrons.